The van der Waals surface area contributed by atoms with Gasteiger partial charge in [0.05, 0.1) is 39.5 Å². The van der Waals surface area contributed by atoms with Crippen molar-refractivity contribution in [2.45, 2.75) is 168 Å². The zero-order valence-corrected chi connectivity index (χ0v) is 45.7. The van der Waals surface area contributed by atoms with Crippen molar-refractivity contribution < 1.29 is 67.0 Å². The van der Waals surface area contributed by atoms with E-state index in [0.29, 0.717) is 112 Å². The standard InChI is InChI=1S/C27H44N2O7.C27H42N2O7/c2*1-19(2)29(22-11-10-21(13-14-30)28(18-22)26(32)36-27(3,4)5)25(31)20-9-12-23(34-7)24(17-20)35-16-8-15-33-6/h9,12,17,19,21-22,30H,8,10-11,13-16,18H2,1-7H3;9,12,14,17,19,21-22H,8,10-11,13,15-16,18H2,1-7H3/t2*21-,22-/m11/s1. The Labute approximate surface area is 428 Å². The Balaban J connectivity index is 0.000000380. The van der Waals surface area contributed by atoms with Gasteiger partial charge in [-0.05, 0) is 138 Å². The first-order valence-electron chi connectivity index (χ1n) is 25.3. The summed E-state index contributed by atoms with van der Waals surface area (Å²) in [6.07, 6.45) is 4.78. The average molecular weight is 1020 g/mol. The largest absolute Gasteiger partial charge is 0.493 e. The highest BCUT2D eigenvalue weighted by Gasteiger charge is 2.40. The normalized spacial score (nSPS) is 18.1. The fourth-order valence-corrected chi connectivity index (χ4v) is 8.92. The van der Waals surface area contributed by atoms with Gasteiger partial charge in [0.15, 0.2) is 23.0 Å². The Bertz CT molecular complexity index is 2020. The van der Waals surface area contributed by atoms with E-state index < -0.39 is 23.4 Å². The van der Waals surface area contributed by atoms with Gasteiger partial charge < -0.3 is 67.4 Å². The van der Waals surface area contributed by atoms with Crippen molar-refractivity contribution in [3.05, 3.63) is 47.5 Å². The summed E-state index contributed by atoms with van der Waals surface area (Å²) in [5.41, 5.74) is -0.325. The van der Waals surface area contributed by atoms with Gasteiger partial charge in [0.2, 0.25) is 0 Å². The Morgan fingerprint density at radius 1 is 0.625 bits per heavy atom. The molecule has 0 bridgehead atoms. The molecule has 0 aromatic heterocycles. The number of likely N-dealkylation sites (tertiary alicyclic amines) is 2. The summed E-state index contributed by atoms with van der Waals surface area (Å²) in [5, 5.41) is 9.54. The molecule has 0 unspecified atom stereocenters. The smallest absolute Gasteiger partial charge is 0.410 e. The SMILES string of the molecule is COCCCOc1cc(C(=O)N(C(C)C)[C@@H]2CC[C@H](CC=O)N(C(=O)OC(C)(C)C)C2)ccc1OC.COCCCOc1cc(C(=O)N(C(C)C)[C@@H]2CC[C@H](CCO)N(C(=O)OC(C)(C)C)C2)ccc1OC. The molecule has 406 valence electrons. The second-order valence-corrected chi connectivity index (χ2v) is 20.7. The molecule has 1 N–H and O–H groups in total. The van der Waals surface area contributed by atoms with E-state index in [1.807, 2.05) is 79.0 Å². The number of aliphatic hydroxyl groups excluding tert-OH is 1. The van der Waals surface area contributed by atoms with Crippen LogP contribution in [0, 0.1) is 0 Å². The van der Waals surface area contributed by atoms with Gasteiger partial charge in [0.25, 0.3) is 11.8 Å². The van der Waals surface area contributed by atoms with Crippen LogP contribution in [0.1, 0.15) is 141 Å². The van der Waals surface area contributed by atoms with E-state index in [1.54, 1.807) is 74.6 Å². The average Bonchev–Trinajstić information content (AvgIpc) is 3.31. The number of benzene rings is 2. The number of piperidine rings is 2. The first kappa shape index (κ1) is 61.0. The minimum Gasteiger partial charge on any atom is -0.493 e. The molecule has 72 heavy (non-hydrogen) atoms. The van der Waals surface area contributed by atoms with Crippen molar-refractivity contribution in [3.63, 3.8) is 0 Å². The molecule has 2 aliphatic rings. The highest BCUT2D eigenvalue weighted by atomic mass is 16.6. The van der Waals surface area contributed by atoms with Crippen molar-refractivity contribution in [3.8, 4) is 23.0 Å². The molecular weight excluding hydrogens is 929 g/mol. The van der Waals surface area contributed by atoms with Crippen LogP contribution in [-0.4, -0.2) is 177 Å². The predicted octanol–water partition coefficient (Wildman–Crippen LogP) is 8.43. The molecule has 18 heteroatoms. The Hall–Kier alpha value is -5.33. The Kier molecular flexibility index (Phi) is 24.9. The fourth-order valence-electron chi connectivity index (χ4n) is 8.92. The van der Waals surface area contributed by atoms with Crippen molar-refractivity contribution >= 4 is 30.3 Å². The number of aliphatic hydroxyl groups is 1. The van der Waals surface area contributed by atoms with E-state index >= 15 is 0 Å². The van der Waals surface area contributed by atoms with Gasteiger partial charge in [-0.15, -0.1) is 0 Å². The molecule has 2 aliphatic heterocycles. The van der Waals surface area contributed by atoms with Gasteiger partial charge in [-0.3, -0.25) is 9.59 Å². The van der Waals surface area contributed by atoms with Crippen molar-refractivity contribution in [2.75, 3.05) is 74.6 Å². The molecular formula is C54H86N4O14. The molecule has 4 atom stereocenters. The number of ether oxygens (including phenoxy) is 8. The van der Waals surface area contributed by atoms with E-state index in [0.717, 1.165) is 12.7 Å². The number of methoxy groups -OCH3 is 4. The van der Waals surface area contributed by atoms with Crippen molar-refractivity contribution in [2.24, 2.45) is 0 Å². The predicted molar refractivity (Wildman–Crippen MR) is 274 cm³/mol. The molecule has 2 fully saturated rings. The van der Waals surface area contributed by atoms with E-state index in [2.05, 4.69) is 0 Å². The molecule has 0 spiro atoms. The summed E-state index contributed by atoms with van der Waals surface area (Å²) >= 11 is 0. The number of carbonyl (C=O) groups is 5. The second kappa shape index (κ2) is 29.4. The first-order chi connectivity index (χ1) is 34.0. The molecule has 0 aliphatic carbocycles. The lowest BCUT2D eigenvalue weighted by atomic mass is 9.94. The summed E-state index contributed by atoms with van der Waals surface area (Å²) < 4.78 is 44.0. The van der Waals surface area contributed by atoms with Crippen LogP contribution < -0.4 is 18.9 Å². The number of hydrogen-bond donors (Lipinski definition) is 1. The maximum atomic E-state index is 13.8. The highest BCUT2D eigenvalue weighted by molar-refractivity contribution is 5.96. The van der Waals surface area contributed by atoms with Crippen molar-refractivity contribution in [1.82, 2.24) is 19.6 Å². The number of rotatable bonds is 22. The number of amides is 4. The Morgan fingerprint density at radius 3 is 1.38 bits per heavy atom. The van der Waals surface area contributed by atoms with Crippen LogP contribution in [-0.2, 0) is 23.7 Å². The maximum absolute atomic E-state index is 13.8. The molecule has 4 rings (SSSR count). The highest BCUT2D eigenvalue weighted by Crippen LogP contribution is 2.34. The fraction of sp³-hybridized carbons (Fsp3) is 0.685. The lowest BCUT2D eigenvalue weighted by molar-refractivity contribution is -0.109. The molecule has 2 heterocycles. The molecule has 2 aromatic carbocycles. The molecule has 18 nitrogen and oxygen atoms in total. The third-order valence-corrected chi connectivity index (χ3v) is 12.1. The maximum Gasteiger partial charge on any atom is 0.410 e. The van der Waals surface area contributed by atoms with E-state index in [-0.39, 0.29) is 61.1 Å². The van der Waals surface area contributed by atoms with Gasteiger partial charge in [-0.2, -0.15) is 0 Å². The van der Waals surface area contributed by atoms with Crippen LogP contribution in [0.4, 0.5) is 9.59 Å². The van der Waals surface area contributed by atoms with Gasteiger partial charge in [0, 0.05) is 102 Å². The molecule has 0 radical (unpaired) electrons. The molecule has 0 saturated carbocycles. The van der Waals surface area contributed by atoms with Crippen LogP contribution in [0.5, 0.6) is 23.0 Å². The summed E-state index contributed by atoms with van der Waals surface area (Å²) in [6, 6.07) is 9.36. The quantitative estimate of drug-likeness (QED) is 0.0873. The van der Waals surface area contributed by atoms with Gasteiger partial charge >= 0.3 is 12.2 Å². The van der Waals surface area contributed by atoms with Crippen molar-refractivity contribution in [1.29, 1.82) is 0 Å². The third kappa shape index (κ3) is 18.6. The van der Waals surface area contributed by atoms with Crippen LogP contribution in [0.25, 0.3) is 0 Å². The van der Waals surface area contributed by atoms with Gasteiger partial charge in [-0.1, -0.05) is 0 Å². The summed E-state index contributed by atoms with van der Waals surface area (Å²) in [4.78, 5) is 71.7. The third-order valence-electron chi connectivity index (χ3n) is 12.1. The summed E-state index contributed by atoms with van der Waals surface area (Å²) in [6.45, 7) is 21.4. The number of aldehydes is 1. The monoisotopic (exact) mass is 1010 g/mol. The first-order valence-corrected chi connectivity index (χ1v) is 25.3. The van der Waals surface area contributed by atoms with Gasteiger partial charge in [0.1, 0.15) is 17.5 Å². The molecule has 2 saturated heterocycles. The number of hydrogen-bond acceptors (Lipinski definition) is 14. The van der Waals surface area contributed by atoms with Crippen LogP contribution in [0.15, 0.2) is 36.4 Å². The Morgan fingerprint density at radius 2 is 1.03 bits per heavy atom. The minimum absolute atomic E-state index is 0.0134. The lowest BCUT2D eigenvalue weighted by Crippen LogP contribution is -2.57. The van der Waals surface area contributed by atoms with Crippen LogP contribution >= 0.6 is 0 Å². The number of carbonyl (C=O) groups excluding carboxylic acids is 5. The minimum atomic E-state index is -0.661. The summed E-state index contributed by atoms with van der Waals surface area (Å²) in [5.74, 6) is 1.81. The van der Waals surface area contributed by atoms with Gasteiger partial charge in [-0.25, -0.2) is 9.59 Å². The topological polar surface area (TPSA) is 192 Å². The second-order valence-electron chi connectivity index (χ2n) is 20.7. The van der Waals surface area contributed by atoms with E-state index in [4.69, 9.17) is 37.9 Å². The van der Waals surface area contributed by atoms with Crippen LogP contribution in [0.3, 0.4) is 0 Å². The van der Waals surface area contributed by atoms with E-state index in [9.17, 15) is 29.1 Å². The molecule has 4 amide bonds. The van der Waals surface area contributed by atoms with E-state index in [1.165, 1.54) is 0 Å². The summed E-state index contributed by atoms with van der Waals surface area (Å²) in [7, 11) is 6.40. The molecule has 2 aromatic rings. The lowest BCUT2D eigenvalue weighted by Gasteiger charge is -2.45. The van der Waals surface area contributed by atoms with Crippen LogP contribution in [0.2, 0.25) is 0 Å². The number of nitrogens with zero attached hydrogens (tertiary/aromatic N) is 4. The zero-order valence-electron chi connectivity index (χ0n) is 45.7. The zero-order chi connectivity index (χ0) is 53.8.